The fourth-order valence-electron chi connectivity index (χ4n) is 2.87. The maximum atomic E-state index is 3.58. The van der Waals surface area contributed by atoms with Crippen molar-refractivity contribution in [1.29, 1.82) is 0 Å². The number of nitrogens with one attached hydrogen (secondary N) is 1. The zero-order chi connectivity index (χ0) is 14.0. The van der Waals surface area contributed by atoms with Gasteiger partial charge in [0.15, 0.2) is 0 Å². The summed E-state index contributed by atoms with van der Waals surface area (Å²) < 4.78 is 0. The highest BCUT2D eigenvalue weighted by Crippen LogP contribution is 2.16. The van der Waals surface area contributed by atoms with Crippen LogP contribution < -0.4 is 5.32 Å². The van der Waals surface area contributed by atoms with Crippen LogP contribution in [0.4, 0.5) is 0 Å². The molecule has 0 aromatic heterocycles. The number of hydrogen-bond donors (Lipinski definition) is 1. The molecule has 1 fully saturated rings. The first kappa shape index (κ1) is 15.3. The normalized spacial score (nSPS) is 20.6. The predicted octanol–water partition coefficient (Wildman–Crippen LogP) is 3.55. The number of rotatable bonds is 7. The summed E-state index contributed by atoms with van der Waals surface area (Å²) in [6.07, 6.45) is 9.86. The highest BCUT2D eigenvalue weighted by molar-refractivity contribution is 5.48. The number of nitrogens with zero attached hydrogens (tertiary/aromatic N) is 1. The van der Waals surface area contributed by atoms with Gasteiger partial charge in [0.05, 0.1) is 0 Å². The van der Waals surface area contributed by atoms with E-state index in [1.165, 1.54) is 37.8 Å². The minimum absolute atomic E-state index is 0.718. The molecule has 0 bridgehead atoms. The van der Waals surface area contributed by atoms with Crippen molar-refractivity contribution in [3.63, 3.8) is 0 Å². The SMILES string of the molecule is CCCNCC1CCCCN1CC=Cc1ccccc1. The first-order valence-electron chi connectivity index (χ1n) is 8.06. The Hall–Kier alpha value is -1.12. The van der Waals surface area contributed by atoms with Crippen molar-refractivity contribution in [2.75, 3.05) is 26.2 Å². The van der Waals surface area contributed by atoms with Crippen LogP contribution in [0.25, 0.3) is 6.08 Å². The molecule has 0 spiro atoms. The molecule has 110 valence electrons. The Morgan fingerprint density at radius 1 is 1.25 bits per heavy atom. The fourth-order valence-corrected chi connectivity index (χ4v) is 2.87. The lowest BCUT2D eigenvalue weighted by molar-refractivity contribution is 0.162. The molecule has 1 N–H and O–H groups in total. The van der Waals surface area contributed by atoms with Crippen LogP contribution in [-0.2, 0) is 0 Å². The van der Waals surface area contributed by atoms with E-state index < -0.39 is 0 Å². The molecule has 1 aliphatic heterocycles. The van der Waals surface area contributed by atoms with Crippen LogP contribution in [0.3, 0.4) is 0 Å². The third-order valence-electron chi connectivity index (χ3n) is 4.01. The highest BCUT2D eigenvalue weighted by Gasteiger charge is 2.20. The van der Waals surface area contributed by atoms with E-state index in [0.717, 1.165) is 25.7 Å². The van der Waals surface area contributed by atoms with Crippen molar-refractivity contribution in [3.05, 3.63) is 42.0 Å². The second-order valence-corrected chi connectivity index (χ2v) is 5.66. The number of piperidine rings is 1. The number of benzene rings is 1. The highest BCUT2D eigenvalue weighted by atomic mass is 15.2. The quantitative estimate of drug-likeness (QED) is 0.764. The van der Waals surface area contributed by atoms with Gasteiger partial charge >= 0.3 is 0 Å². The van der Waals surface area contributed by atoms with E-state index in [9.17, 15) is 0 Å². The van der Waals surface area contributed by atoms with E-state index >= 15 is 0 Å². The van der Waals surface area contributed by atoms with Gasteiger partial charge in [-0.2, -0.15) is 0 Å². The van der Waals surface area contributed by atoms with E-state index in [1.54, 1.807) is 0 Å². The average molecular weight is 272 g/mol. The fraction of sp³-hybridized carbons (Fsp3) is 0.556. The summed E-state index contributed by atoms with van der Waals surface area (Å²) in [6, 6.07) is 11.3. The Morgan fingerprint density at radius 2 is 2.10 bits per heavy atom. The molecule has 2 heteroatoms. The summed E-state index contributed by atoms with van der Waals surface area (Å²) in [4.78, 5) is 2.63. The van der Waals surface area contributed by atoms with Crippen molar-refractivity contribution in [3.8, 4) is 0 Å². The molecule has 1 aliphatic rings. The molecule has 0 amide bonds. The largest absolute Gasteiger partial charge is 0.315 e. The minimum atomic E-state index is 0.718. The molecule has 20 heavy (non-hydrogen) atoms. The molecule has 1 saturated heterocycles. The third-order valence-corrected chi connectivity index (χ3v) is 4.01. The van der Waals surface area contributed by atoms with Crippen LogP contribution in [0, 0.1) is 0 Å². The van der Waals surface area contributed by atoms with Crippen LogP contribution in [0.2, 0.25) is 0 Å². The van der Waals surface area contributed by atoms with Gasteiger partial charge < -0.3 is 5.32 Å². The number of hydrogen-bond acceptors (Lipinski definition) is 2. The molecular weight excluding hydrogens is 244 g/mol. The van der Waals surface area contributed by atoms with Crippen molar-refractivity contribution in [2.45, 2.75) is 38.6 Å². The Bertz CT molecular complexity index is 386. The monoisotopic (exact) mass is 272 g/mol. The van der Waals surface area contributed by atoms with Gasteiger partial charge in [0.1, 0.15) is 0 Å². The van der Waals surface area contributed by atoms with Crippen LogP contribution >= 0.6 is 0 Å². The van der Waals surface area contributed by atoms with E-state index in [2.05, 4.69) is 59.6 Å². The van der Waals surface area contributed by atoms with Gasteiger partial charge in [-0.1, -0.05) is 55.8 Å². The molecule has 1 aromatic carbocycles. The van der Waals surface area contributed by atoms with Gasteiger partial charge in [0.2, 0.25) is 0 Å². The van der Waals surface area contributed by atoms with Gasteiger partial charge in [-0.25, -0.2) is 0 Å². The minimum Gasteiger partial charge on any atom is -0.315 e. The van der Waals surface area contributed by atoms with Crippen molar-refractivity contribution in [2.24, 2.45) is 0 Å². The average Bonchev–Trinajstić information content (AvgIpc) is 2.50. The molecule has 2 rings (SSSR count). The van der Waals surface area contributed by atoms with Crippen LogP contribution in [0.1, 0.15) is 38.2 Å². The zero-order valence-corrected chi connectivity index (χ0v) is 12.7. The van der Waals surface area contributed by atoms with Gasteiger partial charge in [0, 0.05) is 19.1 Å². The Morgan fingerprint density at radius 3 is 2.90 bits per heavy atom. The molecule has 1 heterocycles. The molecule has 0 radical (unpaired) electrons. The smallest absolute Gasteiger partial charge is 0.0223 e. The Kier molecular flexibility index (Phi) is 6.82. The van der Waals surface area contributed by atoms with E-state index in [-0.39, 0.29) is 0 Å². The predicted molar refractivity (Wildman–Crippen MR) is 87.8 cm³/mol. The van der Waals surface area contributed by atoms with Gasteiger partial charge in [-0.05, 0) is 37.9 Å². The van der Waals surface area contributed by atoms with Crippen LogP contribution in [0.15, 0.2) is 36.4 Å². The van der Waals surface area contributed by atoms with Crippen LogP contribution in [-0.4, -0.2) is 37.1 Å². The number of likely N-dealkylation sites (tertiary alicyclic amines) is 1. The summed E-state index contributed by atoms with van der Waals surface area (Å²) in [5, 5.41) is 3.58. The molecule has 1 aromatic rings. The summed E-state index contributed by atoms with van der Waals surface area (Å²) in [5.41, 5.74) is 1.30. The van der Waals surface area contributed by atoms with E-state index in [4.69, 9.17) is 0 Å². The lowest BCUT2D eigenvalue weighted by Gasteiger charge is -2.35. The molecule has 1 atom stereocenters. The van der Waals surface area contributed by atoms with E-state index in [1.807, 2.05) is 0 Å². The Balaban J connectivity index is 1.80. The van der Waals surface area contributed by atoms with Gasteiger partial charge in [-0.3, -0.25) is 4.90 Å². The van der Waals surface area contributed by atoms with Crippen molar-refractivity contribution < 1.29 is 0 Å². The molecule has 1 unspecified atom stereocenters. The first-order chi connectivity index (χ1) is 9.90. The second-order valence-electron chi connectivity index (χ2n) is 5.66. The van der Waals surface area contributed by atoms with Crippen LogP contribution in [0.5, 0.6) is 0 Å². The first-order valence-corrected chi connectivity index (χ1v) is 8.06. The standard InChI is InChI=1S/C18H28N2/c1-2-13-19-16-18-12-6-7-14-20(18)15-8-11-17-9-4-3-5-10-17/h3-5,8-11,18-19H,2,6-7,12-16H2,1H3. The maximum Gasteiger partial charge on any atom is 0.0223 e. The lowest BCUT2D eigenvalue weighted by Crippen LogP contribution is -2.45. The Labute approximate surface area is 123 Å². The maximum absolute atomic E-state index is 3.58. The third kappa shape index (κ3) is 5.10. The summed E-state index contributed by atoms with van der Waals surface area (Å²) in [5.74, 6) is 0. The zero-order valence-electron chi connectivity index (χ0n) is 12.7. The summed E-state index contributed by atoms with van der Waals surface area (Å²) in [6.45, 7) is 6.84. The molecule has 0 saturated carbocycles. The van der Waals surface area contributed by atoms with Crippen molar-refractivity contribution in [1.82, 2.24) is 10.2 Å². The molecular formula is C18H28N2. The summed E-state index contributed by atoms with van der Waals surface area (Å²) in [7, 11) is 0. The second kappa shape index (κ2) is 8.93. The molecule has 2 nitrogen and oxygen atoms in total. The van der Waals surface area contributed by atoms with Gasteiger partial charge in [-0.15, -0.1) is 0 Å². The lowest BCUT2D eigenvalue weighted by atomic mass is 10.0. The van der Waals surface area contributed by atoms with E-state index in [0.29, 0.717) is 0 Å². The topological polar surface area (TPSA) is 15.3 Å². The van der Waals surface area contributed by atoms with Gasteiger partial charge in [0.25, 0.3) is 0 Å². The summed E-state index contributed by atoms with van der Waals surface area (Å²) >= 11 is 0. The molecule has 0 aliphatic carbocycles. The van der Waals surface area contributed by atoms with Crippen molar-refractivity contribution >= 4 is 6.08 Å².